The lowest BCUT2D eigenvalue weighted by Crippen LogP contribution is -2.32. The molecule has 4 heterocycles. The zero-order chi connectivity index (χ0) is 24.0. The second kappa shape index (κ2) is 8.68. The number of pyridine rings is 2. The third kappa shape index (κ3) is 3.28. The number of nitrogens with two attached hydrogens (primary N) is 1. The van der Waals surface area contributed by atoms with Crippen LogP contribution >= 0.6 is 0 Å². The summed E-state index contributed by atoms with van der Waals surface area (Å²) in [5.41, 5.74) is 10.4. The van der Waals surface area contributed by atoms with Gasteiger partial charge in [-0.1, -0.05) is 13.8 Å². The summed E-state index contributed by atoms with van der Waals surface area (Å²) in [6, 6.07) is 3.13. The molecule has 3 aromatic rings. The highest BCUT2D eigenvalue weighted by Gasteiger charge is 2.35. The quantitative estimate of drug-likeness (QED) is 0.396. The van der Waals surface area contributed by atoms with Crippen LogP contribution in [0.15, 0.2) is 16.9 Å². The number of cyclic esters (lactones) is 1. The number of esters is 1. The number of nitrogens with zero attached hydrogens (tertiary/aromatic N) is 2. The van der Waals surface area contributed by atoms with Crippen molar-refractivity contribution >= 4 is 16.9 Å². The van der Waals surface area contributed by atoms with Crippen molar-refractivity contribution in [1.82, 2.24) is 9.55 Å². The van der Waals surface area contributed by atoms with Crippen LogP contribution in [-0.2, 0) is 35.5 Å². The number of aliphatic hydroxyl groups is 1. The van der Waals surface area contributed by atoms with E-state index in [4.69, 9.17) is 9.72 Å². The second-order valence-corrected chi connectivity index (χ2v) is 7.99. The van der Waals surface area contributed by atoms with E-state index in [1.807, 2.05) is 13.8 Å². The van der Waals surface area contributed by atoms with Gasteiger partial charge in [0.2, 0.25) is 0 Å². The minimum atomic E-state index is -1.48. The molecule has 7 nitrogen and oxygen atoms in total. The predicted octanol–water partition coefficient (Wildman–Crippen LogP) is 3.05. The van der Waals surface area contributed by atoms with Gasteiger partial charge in [-0.3, -0.25) is 4.79 Å². The van der Waals surface area contributed by atoms with Gasteiger partial charge in [0.15, 0.2) is 6.10 Å². The number of halogens is 1. The molecule has 1 unspecified atom stereocenters. The Bertz CT molecular complexity index is 1350. The van der Waals surface area contributed by atoms with E-state index in [0.29, 0.717) is 34.6 Å². The maximum atomic E-state index is 14.5. The standard InChI is InChI=1S/C22H17FN2O4.C2H6.CH5N/c1-9-10-3-2-4-11-13-7-25-17(19(13)24-16(18(10)11)6-15(9)23)5-12-14(21(25)27)8-29-22(28)20(12)26;2*1-2/h5-6,20,26H,2-4,7-8H2,1H3;1-2H3;2H2,1H3. The lowest BCUT2D eigenvalue weighted by Gasteiger charge is -2.22. The molecule has 8 heteroatoms. The van der Waals surface area contributed by atoms with E-state index in [9.17, 15) is 19.1 Å². The zero-order valence-corrected chi connectivity index (χ0v) is 19.3. The molecule has 0 spiro atoms. The average molecular weight is 454 g/mol. The number of carbonyl (C=O) groups excluding carboxylic acids is 1. The van der Waals surface area contributed by atoms with Crippen molar-refractivity contribution in [2.45, 2.75) is 59.3 Å². The molecule has 0 bridgehead atoms. The molecule has 0 radical (unpaired) electrons. The molecule has 1 atom stereocenters. The zero-order valence-electron chi connectivity index (χ0n) is 19.3. The Hall–Kier alpha value is -3.10. The first-order valence-corrected chi connectivity index (χ1v) is 11.3. The summed E-state index contributed by atoms with van der Waals surface area (Å²) in [6.07, 6.45) is 1.12. The van der Waals surface area contributed by atoms with Gasteiger partial charge in [-0.2, -0.15) is 0 Å². The molecular formula is C25H28FN3O4. The second-order valence-electron chi connectivity index (χ2n) is 7.99. The summed E-state index contributed by atoms with van der Waals surface area (Å²) < 4.78 is 21.1. The molecule has 33 heavy (non-hydrogen) atoms. The van der Waals surface area contributed by atoms with Gasteiger partial charge in [-0.05, 0) is 56.0 Å². The fourth-order valence-corrected chi connectivity index (χ4v) is 5.06. The number of aliphatic hydroxyl groups excluding tert-OH is 1. The first kappa shape index (κ1) is 23.1. The molecule has 1 aromatic carbocycles. The minimum Gasteiger partial charge on any atom is -0.458 e. The summed E-state index contributed by atoms with van der Waals surface area (Å²) in [4.78, 5) is 29.6. The largest absolute Gasteiger partial charge is 0.458 e. The monoisotopic (exact) mass is 453 g/mol. The number of aromatic nitrogens is 2. The highest BCUT2D eigenvalue weighted by Crippen LogP contribution is 2.41. The number of benzene rings is 1. The summed E-state index contributed by atoms with van der Waals surface area (Å²) >= 11 is 0. The summed E-state index contributed by atoms with van der Waals surface area (Å²) in [5, 5.41) is 11.2. The lowest BCUT2D eigenvalue weighted by molar-refractivity contribution is -0.157. The van der Waals surface area contributed by atoms with E-state index in [0.717, 1.165) is 41.3 Å². The van der Waals surface area contributed by atoms with Crippen molar-refractivity contribution < 1.29 is 19.0 Å². The third-order valence-electron chi connectivity index (χ3n) is 6.54. The molecule has 2 aromatic heterocycles. The number of hydrogen-bond acceptors (Lipinski definition) is 6. The maximum absolute atomic E-state index is 14.5. The van der Waals surface area contributed by atoms with Gasteiger partial charge in [0.1, 0.15) is 12.4 Å². The molecule has 0 saturated heterocycles. The Morgan fingerprint density at radius 2 is 1.82 bits per heavy atom. The van der Waals surface area contributed by atoms with Crippen LogP contribution < -0.4 is 11.3 Å². The first-order chi connectivity index (χ1) is 16.0. The Kier molecular flexibility index (Phi) is 6.07. The minimum absolute atomic E-state index is 0.141. The molecule has 3 aliphatic rings. The van der Waals surface area contributed by atoms with Crippen molar-refractivity contribution in [1.29, 1.82) is 0 Å². The Labute approximate surface area is 191 Å². The van der Waals surface area contributed by atoms with E-state index in [1.54, 1.807) is 17.6 Å². The number of rotatable bonds is 0. The van der Waals surface area contributed by atoms with Crippen molar-refractivity contribution in [3.63, 3.8) is 0 Å². The van der Waals surface area contributed by atoms with Crippen LogP contribution in [0.3, 0.4) is 0 Å². The molecule has 174 valence electrons. The van der Waals surface area contributed by atoms with Gasteiger partial charge >= 0.3 is 5.97 Å². The van der Waals surface area contributed by atoms with Crippen molar-refractivity contribution in [3.8, 4) is 11.4 Å². The molecule has 1 aliphatic carbocycles. The van der Waals surface area contributed by atoms with Gasteiger partial charge in [-0.15, -0.1) is 0 Å². The van der Waals surface area contributed by atoms with Crippen LogP contribution in [0.5, 0.6) is 0 Å². The Morgan fingerprint density at radius 1 is 1.12 bits per heavy atom. The van der Waals surface area contributed by atoms with Crippen LogP contribution in [0.25, 0.3) is 22.3 Å². The molecule has 0 saturated carbocycles. The summed E-state index contributed by atoms with van der Waals surface area (Å²) in [6.45, 7) is 6.05. The highest BCUT2D eigenvalue weighted by molar-refractivity contribution is 5.92. The fourth-order valence-electron chi connectivity index (χ4n) is 5.06. The van der Waals surface area contributed by atoms with E-state index in [-0.39, 0.29) is 23.5 Å². The normalized spacial score (nSPS) is 17.1. The van der Waals surface area contributed by atoms with E-state index < -0.39 is 12.1 Å². The van der Waals surface area contributed by atoms with Crippen LogP contribution in [0, 0.1) is 12.7 Å². The van der Waals surface area contributed by atoms with Gasteiger partial charge in [0.25, 0.3) is 5.56 Å². The smallest absolute Gasteiger partial charge is 0.340 e. The Morgan fingerprint density at radius 3 is 2.55 bits per heavy atom. The van der Waals surface area contributed by atoms with Gasteiger partial charge in [0.05, 0.1) is 29.0 Å². The first-order valence-electron chi connectivity index (χ1n) is 11.3. The van der Waals surface area contributed by atoms with E-state index >= 15 is 0 Å². The van der Waals surface area contributed by atoms with Crippen LogP contribution in [0.2, 0.25) is 0 Å². The van der Waals surface area contributed by atoms with Gasteiger partial charge < -0.3 is 20.1 Å². The molecule has 3 N–H and O–H groups in total. The lowest BCUT2D eigenvalue weighted by atomic mass is 9.85. The number of hydrogen-bond donors (Lipinski definition) is 2. The molecule has 0 fully saturated rings. The summed E-state index contributed by atoms with van der Waals surface area (Å²) in [5.74, 6) is -1.03. The van der Waals surface area contributed by atoms with Crippen LogP contribution in [0.1, 0.15) is 59.8 Å². The molecule has 2 aliphatic heterocycles. The van der Waals surface area contributed by atoms with E-state index in [2.05, 4.69) is 5.73 Å². The molecule has 6 rings (SSSR count). The predicted molar refractivity (Wildman–Crippen MR) is 123 cm³/mol. The van der Waals surface area contributed by atoms with Crippen molar-refractivity contribution in [2.24, 2.45) is 5.73 Å². The van der Waals surface area contributed by atoms with E-state index in [1.165, 1.54) is 13.1 Å². The fraction of sp³-hybridized carbons (Fsp3) is 0.400. The van der Waals surface area contributed by atoms with Gasteiger partial charge in [0, 0.05) is 22.6 Å². The number of fused-ring (bicyclic) bond motifs is 5. The van der Waals surface area contributed by atoms with Crippen LogP contribution in [0.4, 0.5) is 4.39 Å². The number of aryl methyl sites for hydroxylation is 2. The van der Waals surface area contributed by atoms with Gasteiger partial charge in [-0.25, -0.2) is 14.2 Å². The molecular weight excluding hydrogens is 425 g/mol. The molecule has 0 amide bonds. The third-order valence-corrected chi connectivity index (χ3v) is 6.54. The topological polar surface area (TPSA) is 107 Å². The SMILES string of the molecule is CC.CN.Cc1c(F)cc2nc3c(c4c2c1CCC4)Cn1c-3cc2c(c1=O)COC(=O)C2O. The summed E-state index contributed by atoms with van der Waals surface area (Å²) in [7, 11) is 1.50. The van der Waals surface area contributed by atoms with Crippen molar-refractivity contribution in [3.05, 3.63) is 61.7 Å². The number of ether oxygens (including phenoxy) is 1. The maximum Gasteiger partial charge on any atom is 0.340 e. The van der Waals surface area contributed by atoms with Crippen molar-refractivity contribution in [2.75, 3.05) is 7.05 Å². The van der Waals surface area contributed by atoms with Crippen LogP contribution in [-0.4, -0.2) is 27.7 Å². The average Bonchev–Trinajstić information content (AvgIpc) is 3.22. The Balaban J connectivity index is 0.000000617. The highest BCUT2D eigenvalue weighted by atomic mass is 19.1. The number of carbonyl (C=O) groups is 1.